The molecule has 0 radical (unpaired) electrons. The van der Waals surface area contributed by atoms with Gasteiger partial charge in [-0.25, -0.2) is 4.98 Å². The standard InChI is InChI=1S/C48H57ClN10O8/c1-6-30-24-56(17-18-57(30)36-10-8-34-42(27(36)4)47(65)59(45(34)63)38-11-12-40(60)53-44(38)62)31-21-33(22-31)67-32-13-15-55(16-14-32)48-51-23-35(49)43(54-48)52-29-7-9-37-28(19-29)20-39(66-25-41(61)50-5)46(64)58(37)26(2)3/h7-10,19-20,23,26,30-33,38H,6,11-18,21-22,24-25H2,1-5H3,(H,50,61)(H,51,52,54)(H,53,60,62)/t30-,31-,33-,38?/m1/s1. The van der Waals surface area contributed by atoms with Gasteiger partial charge in [-0.2, -0.15) is 4.98 Å². The first kappa shape index (κ1) is 46.0. The van der Waals surface area contributed by atoms with Crippen LogP contribution in [0.1, 0.15) is 98.0 Å². The van der Waals surface area contributed by atoms with Crippen molar-refractivity contribution in [3.8, 4) is 5.75 Å². The van der Waals surface area contributed by atoms with E-state index in [0.29, 0.717) is 39.6 Å². The third-order valence-corrected chi connectivity index (χ3v) is 14.3. The van der Waals surface area contributed by atoms with Crippen molar-refractivity contribution in [2.45, 2.75) is 109 Å². The fourth-order valence-electron chi connectivity index (χ4n) is 10.3. The number of nitrogens with one attached hydrogen (secondary N) is 3. The molecule has 1 saturated carbocycles. The predicted molar refractivity (Wildman–Crippen MR) is 252 cm³/mol. The van der Waals surface area contributed by atoms with E-state index in [9.17, 15) is 28.8 Å². The Morgan fingerprint density at radius 1 is 0.970 bits per heavy atom. The van der Waals surface area contributed by atoms with Gasteiger partial charge in [0.2, 0.25) is 17.8 Å². The van der Waals surface area contributed by atoms with Gasteiger partial charge < -0.3 is 34.5 Å². The molecule has 19 heteroatoms. The Morgan fingerprint density at radius 2 is 1.75 bits per heavy atom. The van der Waals surface area contributed by atoms with Crippen LogP contribution >= 0.6 is 11.6 Å². The van der Waals surface area contributed by atoms with E-state index in [-0.39, 0.29) is 61.0 Å². The number of imide groups is 2. The highest BCUT2D eigenvalue weighted by Gasteiger charge is 2.46. The molecule has 2 aromatic carbocycles. The molecule has 4 aliphatic heterocycles. The third kappa shape index (κ3) is 8.93. The van der Waals surface area contributed by atoms with E-state index in [2.05, 4.69) is 42.6 Å². The summed E-state index contributed by atoms with van der Waals surface area (Å²) in [5, 5.41) is 9.22. The Morgan fingerprint density at radius 3 is 2.46 bits per heavy atom. The van der Waals surface area contributed by atoms with Crippen molar-refractivity contribution in [1.29, 1.82) is 0 Å². The van der Waals surface area contributed by atoms with Crippen LogP contribution in [0.2, 0.25) is 5.02 Å². The maximum atomic E-state index is 13.7. The van der Waals surface area contributed by atoms with Crippen LogP contribution < -0.4 is 36.0 Å². The number of hydrogen-bond donors (Lipinski definition) is 3. The summed E-state index contributed by atoms with van der Waals surface area (Å²) in [5.74, 6) is -1.20. The summed E-state index contributed by atoms with van der Waals surface area (Å²) in [6.07, 6.45) is 6.70. The molecule has 67 heavy (non-hydrogen) atoms. The van der Waals surface area contributed by atoms with Crippen molar-refractivity contribution in [3.05, 3.63) is 74.7 Å². The highest BCUT2D eigenvalue weighted by Crippen LogP contribution is 2.38. The normalized spacial score (nSPS) is 22.6. The first-order valence-corrected chi connectivity index (χ1v) is 23.7. The lowest BCUT2D eigenvalue weighted by Gasteiger charge is -2.50. The Labute approximate surface area is 393 Å². The number of piperazine rings is 1. The molecule has 5 amide bonds. The molecule has 4 fully saturated rings. The topological polar surface area (TPSA) is 201 Å². The first-order valence-electron chi connectivity index (χ1n) is 23.3. The van der Waals surface area contributed by atoms with Gasteiger partial charge in [0.05, 0.1) is 35.0 Å². The van der Waals surface area contributed by atoms with E-state index in [4.69, 9.17) is 26.1 Å². The zero-order valence-corrected chi connectivity index (χ0v) is 39.2. The molecule has 2 aromatic heterocycles. The summed E-state index contributed by atoms with van der Waals surface area (Å²) in [6.45, 7) is 11.6. The molecule has 0 spiro atoms. The number of halogens is 1. The largest absolute Gasteiger partial charge is 0.478 e. The Balaban J connectivity index is 0.771. The average Bonchev–Trinajstić information content (AvgIpc) is 3.56. The second-order valence-corrected chi connectivity index (χ2v) is 18.8. The number of pyridine rings is 1. The van der Waals surface area contributed by atoms with Gasteiger partial charge in [-0.1, -0.05) is 18.5 Å². The number of aromatic nitrogens is 3. The minimum Gasteiger partial charge on any atom is -0.478 e. The summed E-state index contributed by atoms with van der Waals surface area (Å²) < 4.78 is 13.9. The average molecular weight is 937 g/mol. The van der Waals surface area contributed by atoms with Crippen LogP contribution in [0.25, 0.3) is 10.9 Å². The van der Waals surface area contributed by atoms with Crippen LogP contribution in [0.15, 0.2) is 47.4 Å². The zero-order chi connectivity index (χ0) is 47.3. The van der Waals surface area contributed by atoms with E-state index < -0.39 is 29.7 Å². The number of ether oxygens (including phenoxy) is 2. The molecule has 5 aliphatic rings. The van der Waals surface area contributed by atoms with Gasteiger partial charge in [0.1, 0.15) is 11.1 Å². The van der Waals surface area contributed by atoms with E-state index in [1.807, 2.05) is 45.0 Å². The molecular formula is C48H57ClN10O8. The number of anilines is 4. The van der Waals surface area contributed by atoms with Gasteiger partial charge in [-0.15, -0.1) is 0 Å². The van der Waals surface area contributed by atoms with Gasteiger partial charge in [-0.05, 0) is 101 Å². The number of fused-ring (bicyclic) bond motifs is 2. The molecule has 18 nitrogen and oxygen atoms in total. The van der Waals surface area contributed by atoms with Crippen LogP contribution in [0, 0.1) is 6.92 Å². The predicted octanol–water partition coefficient (Wildman–Crippen LogP) is 4.72. The number of benzene rings is 2. The maximum absolute atomic E-state index is 13.7. The van der Waals surface area contributed by atoms with Crippen molar-refractivity contribution in [3.63, 3.8) is 0 Å². The number of nitrogens with zero attached hydrogens (tertiary/aromatic N) is 7. The van der Waals surface area contributed by atoms with E-state index in [0.717, 1.165) is 91.9 Å². The quantitative estimate of drug-likeness (QED) is 0.156. The van der Waals surface area contributed by atoms with Crippen LogP contribution in [0.3, 0.4) is 0 Å². The lowest BCUT2D eigenvalue weighted by molar-refractivity contribution is -0.136. The molecule has 4 aromatic rings. The Kier molecular flexibility index (Phi) is 13.0. The van der Waals surface area contributed by atoms with E-state index in [1.54, 1.807) is 22.9 Å². The van der Waals surface area contributed by atoms with Gasteiger partial charge in [0.15, 0.2) is 18.2 Å². The summed E-state index contributed by atoms with van der Waals surface area (Å²) in [7, 11) is 1.51. The molecule has 0 bridgehead atoms. The second-order valence-electron chi connectivity index (χ2n) is 18.4. The molecule has 6 heterocycles. The number of hydrogen-bond acceptors (Lipinski definition) is 14. The van der Waals surface area contributed by atoms with E-state index >= 15 is 0 Å². The van der Waals surface area contributed by atoms with Gasteiger partial charge in [0.25, 0.3) is 23.3 Å². The highest BCUT2D eigenvalue weighted by molar-refractivity contribution is 6.33. The third-order valence-electron chi connectivity index (χ3n) is 14.0. The molecule has 3 N–H and O–H groups in total. The molecule has 354 valence electrons. The van der Waals surface area contributed by atoms with Crippen molar-refractivity contribution < 1.29 is 33.4 Å². The fraction of sp³-hybridized carbons (Fsp3) is 0.500. The first-order chi connectivity index (χ1) is 32.2. The Bertz CT molecular complexity index is 2700. The summed E-state index contributed by atoms with van der Waals surface area (Å²) >= 11 is 6.61. The summed E-state index contributed by atoms with van der Waals surface area (Å²) in [6, 6.07) is 10.4. The fourth-order valence-corrected chi connectivity index (χ4v) is 10.4. The minimum atomic E-state index is -0.995. The van der Waals surface area contributed by atoms with Crippen LogP contribution in [0.4, 0.5) is 23.1 Å². The van der Waals surface area contributed by atoms with Gasteiger partial charge in [-0.3, -0.25) is 43.9 Å². The number of carbonyl (C=O) groups excluding carboxylic acids is 5. The molecule has 2 atom stereocenters. The lowest BCUT2D eigenvalue weighted by Crippen LogP contribution is -2.59. The molecule has 1 unspecified atom stereocenters. The maximum Gasteiger partial charge on any atom is 0.293 e. The van der Waals surface area contributed by atoms with Crippen LogP contribution in [-0.4, -0.2) is 131 Å². The molecular weight excluding hydrogens is 880 g/mol. The van der Waals surface area contributed by atoms with Crippen LogP contribution in [0.5, 0.6) is 5.75 Å². The van der Waals surface area contributed by atoms with E-state index in [1.165, 1.54) is 7.05 Å². The Hall–Kier alpha value is -6.11. The smallest absolute Gasteiger partial charge is 0.293 e. The number of amides is 5. The number of rotatable bonds is 13. The van der Waals surface area contributed by atoms with Crippen molar-refractivity contribution in [2.24, 2.45) is 0 Å². The van der Waals surface area contributed by atoms with Gasteiger partial charge >= 0.3 is 0 Å². The van der Waals surface area contributed by atoms with Crippen LogP contribution in [-0.2, 0) is 19.1 Å². The zero-order valence-electron chi connectivity index (χ0n) is 38.5. The lowest BCUT2D eigenvalue weighted by atomic mass is 9.86. The number of likely N-dealkylation sites (N-methyl/N-ethyl adjacent to an activating group) is 1. The van der Waals surface area contributed by atoms with Crippen molar-refractivity contribution in [1.82, 2.24) is 35.0 Å². The molecule has 9 rings (SSSR count). The monoisotopic (exact) mass is 936 g/mol. The SMILES string of the molecule is CC[C@@H]1CN([C@H]2C[C@H](OC3CCN(c4ncc(Cl)c(Nc5ccc6c(c5)cc(OCC(=O)NC)c(=O)n6C(C)C)n4)CC3)C2)CCN1c1ccc2c(c1C)C(=O)N(C1CCC(=O)NC1=O)C2=O. The molecule has 1 aliphatic carbocycles. The number of carbonyl (C=O) groups is 5. The highest BCUT2D eigenvalue weighted by atomic mass is 35.5. The van der Waals surface area contributed by atoms with Crippen molar-refractivity contribution >= 4 is 75.2 Å². The second kappa shape index (κ2) is 18.9. The summed E-state index contributed by atoms with van der Waals surface area (Å²) in [4.78, 5) is 94.2. The van der Waals surface area contributed by atoms with Gasteiger partial charge in [0, 0.05) is 81.1 Å². The van der Waals surface area contributed by atoms with Crippen molar-refractivity contribution in [2.75, 3.05) is 61.5 Å². The number of piperidine rings is 2. The molecule has 3 saturated heterocycles. The minimum absolute atomic E-state index is 0.0809. The summed E-state index contributed by atoms with van der Waals surface area (Å²) in [5.41, 5.74) is 3.44.